The molecule has 1 fully saturated rings. The first kappa shape index (κ1) is 9.96. The van der Waals surface area contributed by atoms with Gasteiger partial charge in [0.15, 0.2) is 0 Å². The second-order valence-electron chi connectivity index (χ2n) is 3.62. The van der Waals surface area contributed by atoms with E-state index in [1.807, 2.05) is 0 Å². The number of aliphatic hydroxyl groups is 1. The van der Waals surface area contributed by atoms with Gasteiger partial charge in [0.1, 0.15) is 6.10 Å². The number of aliphatic hydroxyl groups excluding tert-OH is 1. The molecule has 0 aromatic carbocycles. The summed E-state index contributed by atoms with van der Waals surface area (Å²) in [6.45, 7) is 2.16. The normalized spacial score (nSPS) is 43.0. The van der Waals surface area contributed by atoms with E-state index in [1.54, 1.807) is 14.2 Å². The van der Waals surface area contributed by atoms with E-state index in [9.17, 15) is 5.11 Å². The van der Waals surface area contributed by atoms with Gasteiger partial charge in [-0.25, -0.2) is 0 Å². The lowest BCUT2D eigenvalue weighted by molar-refractivity contribution is -0.124. The molecule has 1 rings (SSSR count). The standard InChI is InChI=1S/C9H18O3/c1-6-4-7(11-2)9(10)8(5-6)12-3/h6-10H,4-5H2,1-3H3. The van der Waals surface area contributed by atoms with Crippen molar-refractivity contribution in [3.63, 3.8) is 0 Å². The Morgan fingerprint density at radius 2 is 1.50 bits per heavy atom. The Kier molecular flexibility index (Phi) is 3.50. The molecule has 1 aliphatic carbocycles. The molecule has 3 heteroatoms. The lowest BCUT2D eigenvalue weighted by Gasteiger charge is -2.36. The Labute approximate surface area is 73.7 Å². The monoisotopic (exact) mass is 174 g/mol. The van der Waals surface area contributed by atoms with Crippen molar-refractivity contribution in [2.24, 2.45) is 5.92 Å². The first-order valence-corrected chi connectivity index (χ1v) is 4.42. The maximum Gasteiger partial charge on any atom is 0.106 e. The zero-order valence-electron chi connectivity index (χ0n) is 7.99. The summed E-state index contributed by atoms with van der Waals surface area (Å²) >= 11 is 0. The van der Waals surface area contributed by atoms with E-state index in [4.69, 9.17) is 9.47 Å². The molecule has 2 atom stereocenters. The van der Waals surface area contributed by atoms with Gasteiger partial charge >= 0.3 is 0 Å². The van der Waals surface area contributed by atoms with Crippen LogP contribution in [0.3, 0.4) is 0 Å². The van der Waals surface area contributed by atoms with Gasteiger partial charge in [-0.15, -0.1) is 0 Å². The molecule has 0 aromatic heterocycles. The van der Waals surface area contributed by atoms with Gasteiger partial charge in [-0.05, 0) is 18.8 Å². The summed E-state index contributed by atoms with van der Waals surface area (Å²) < 4.78 is 10.4. The third-order valence-corrected chi connectivity index (χ3v) is 2.64. The molecule has 0 radical (unpaired) electrons. The highest BCUT2D eigenvalue weighted by molar-refractivity contribution is 4.86. The van der Waals surface area contributed by atoms with E-state index in [-0.39, 0.29) is 12.2 Å². The summed E-state index contributed by atoms with van der Waals surface area (Å²) in [6, 6.07) is 0. The minimum absolute atomic E-state index is 0.0568. The molecule has 0 amide bonds. The van der Waals surface area contributed by atoms with Crippen molar-refractivity contribution in [3.8, 4) is 0 Å². The minimum atomic E-state index is -0.462. The van der Waals surface area contributed by atoms with E-state index in [1.165, 1.54) is 0 Å². The average molecular weight is 174 g/mol. The molecule has 0 bridgehead atoms. The van der Waals surface area contributed by atoms with Crippen molar-refractivity contribution in [3.05, 3.63) is 0 Å². The van der Waals surface area contributed by atoms with Gasteiger partial charge in [-0.3, -0.25) is 0 Å². The zero-order chi connectivity index (χ0) is 9.14. The van der Waals surface area contributed by atoms with Crippen LogP contribution in [0, 0.1) is 5.92 Å². The van der Waals surface area contributed by atoms with E-state index in [2.05, 4.69) is 6.92 Å². The number of hydrogen-bond donors (Lipinski definition) is 1. The van der Waals surface area contributed by atoms with Gasteiger partial charge in [0.25, 0.3) is 0 Å². The van der Waals surface area contributed by atoms with Crippen LogP contribution in [0.4, 0.5) is 0 Å². The Morgan fingerprint density at radius 1 is 1.08 bits per heavy atom. The molecule has 12 heavy (non-hydrogen) atoms. The molecule has 0 heterocycles. The lowest BCUT2D eigenvalue weighted by Crippen LogP contribution is -2.45. The topological polar surface area (TPSA) is 38.7 Å². The van der Waals surface area contributed by atoms with Crippen LogP contribution in [0.5, 0.6) is 0 Å². The quantitative estimate of drug-likeness (QED) is 0.673. The average Bonchev–Trinajstić information content (AvgIpc) is 2.08. The predicted molar refractivity (Wildman–Crippen MR) is 46.0 cm³/mol. The van der Waals surface area contributed by atoms with Crippen molar-refractivity contribution in [1.82, 2.24) is 0 Å². The van der Waals surface area contributed by atoms with Crippen LogP contribution in [0.15, 0.2) is 0 Å². The van der Waals surface area contributed by atoms with Crippen LogP contribution in [-0.4, -0.2) is 37.6 Å². The van der Waals surface area contributed by atoms with E-state index in [0.717, 1.165) is 12.8 Å². The van der Waals surface area contributed by atoms with Crippen molar-refractivity contribution in [1.29, 1.82) is 0 Å². The molecule has 1 aliphatic rings. The molecule has 72 valence electrons. The van der Waals surface area contributed by atoms with Gasteiger partial charge in [0, 0.05) is 14.2 Å². The Morgan fingerprint density at radius 3 is 1.83 bits per heavy atom. The zero-order valence-corrected chi connectivity index (χ0v) is 7.99. The molecule has 3 nitrogen and oxygen atoms in total. The lowest BCUT2D eigenvalue weighted by atomic mass is 9.84. The highest BCUT2D eigenvalue weighted by Gasteiger charge is 2.35. The summed E-state index contributed by atoms with van der Waals surface area (Å²) in [5, 5.41) is 9.70. The molecule has 1 saturated carbocycles. The van der Waals surface area contributed by atoms with Crippen molar-refractivity contribution in [2.45, 2.75) is 38.1 Å². The van der Waals surface area contributed by atoms with Crippen LogP contribution >= 0.6 is 0 Å². The highest BCUT2D eigenvalue weighted by atomic mass is 16.5. The van der Waals surface area contributed by atoms with Gasteiger partial charge < -0.3 is 14.6 Å². The number of ether oxygens (including phenoxy) is 2. The highest BCUT2D eigenvalue weighted by Crippen LogP contribution is 2.27. The second-order valence-corrected chi connectivity index (χ2v) is 3.62. The van der Waals surface area contributed by atoms with Crippen LogP contribution < -0.4 is 0 Å². The molecule has 0 saturated heterocycles. The fraction of sp³-hybridized carbons (Fsp3) is 1.00. The van der Waals surface area contributed by atoms with Crippen molar-refractivity contribution < 1.29 is 14.6 Å². The van der Waals surface area contributed by atoms with Crippen LogP contribution in [0.1, 0.15) is 19.8 Å². The smallest absolute Gasteiger partial charge is 0.106 e. The summed E-state index contributed by atoms with van der Waals surface area (Å²) in [7, 11) is 3.28. The summed E-state index contributed by atoms with van der Waals surface area (Å²) in [4.78, 5) is 0. The SMILES string of the molecule is COC1CC(C)CC(OC)C1O. The first-order valence-electron chi connectivity index (χ1n) is 4.42. The third-order valence-electron chi connectivity index (χ3n) is 2.64. The summed E-state index contributed by atoms with van der Waals surface area (Å²) in [5.74, 6) is 0.572. The van der Waals surface area contributed by atoms with Crippen molar-refractivity contribution in [2.75, 3.05) is 14.2 Å². The maximum atomic E-state index is 9.70. The van der Waals surface area contributed by atoms with Crippen LogP contribution in [0.25, 0.3) is 0 Å². The van der Waals surface area contributed by atoms with Crippen LogP contribution in [-0.2, 0) is 9.47 Å². The third kappa shape index (κ3) is 1.97. The molecule has 2 unspecified atom stereocenters. The fourth-order valence-corrected chi connectivity index (χ4v) is 1.88. The van der Waals surface area contributed by atoms with Gasteiger partial charge in [-0.1, -0.05) is 6.92 Å². The van der Waals surface area contributed by atoms with E-state index in [0.29, 0.717) is 5.92 Å². The van der Waals surface area contributed by atoms with E-state index >= 15 is 0 Å². The van der Waals surface area contributed by atoms with Gasteiger partial charge in [-0.2, -0.15) is 0 Å². The minimum Gasteiger partial charge on any atom is -0.388 e. The summed E-state index contributed by atoms with van der Waals surface area (Å²) in [5.41, 5.74) is 0. The molecular weight excluding hydrogens is 156 g/mol. The molecule has 0 aromatic rings. The van der Waals surface area contributed by atoms with Gasteiger partial charge in [0.05, 0.1) is 12.2 Å². The Hall–Kier alpha value is -0.120. The molecule has 0 aliphatic heterocycles. The molecule has 0 spiro atoms. The molecule has 1 N–H and O–H groups in total. The Balaban J connectivity index is 2.55. The number of rotatable bonds is 2. The first-order chi connectivity index (χ1) is 5.69. The number of hydrogen-bond acceptors (Lipinski definition) is 3. The molecular formula is C9H18O3. The van der Waals surface area contributed by atoms with Crippen molar-refractivity contribution >= 4 is 0 Å². The largest absolute Gasteiger partial charge is 0.388 e. The predicted octanol–water partition coefficient (Wildman–Crippen LogP) is 0.807. The van der Waals surface area contributed by atoms with Crippen LogP contribution in [0.2, 0.25) is 0 Å². The van der Waals surface area contributed by atoms with Gasteiger partial charge in [0.2, 0.25) is 0 Å². The summed E-state index contributed by atoms with van der Waals surface area (Å²) in [6.07, 6.45) is 1.28. The Bertz CT molecular complexity index is 124. The fourth-order valence-electron chi connectivity index (χ4n) is 1.88. The maximum absolute atomic E-state index is 9.70. The number of methoxy groups -OCH3 is 2. The second kappa shape index (κ2) is 4.21. The van der Waals surface area contributed by atoms with E-state index < -0.39 is 6.10 Å².